The molecule has 1 fully saturated rings. The number of nitrogens with zero attached hydrogens (tertiary/aromatic N) is 1. The molecule has 158 valence electrons. The van der Waals surface area contributed by atoms with Gasteiger partial charge in [0.1, 0.15) is 6.23 Å². The second-order valence-electron chi connectivity index (χ2n) is 8.58. The molecule has 0 spiro atoms. The van der Waals surface area contributed by atoms with Crippen molar-refractivity contribution in [1.82, 2.24) is 14.9 Å². The maximum absolute atomic E-state index is 13.0. The fraction of sp³-hybridized carbons (Fsp3) is 0.200. The van der Waals surface area contributed by atoms with Gasteiger partial charge in [-0.25, -0.2) is 0 Å². The van der Waals surface area contributed by atoms with Crippen molar-refractivity contribution in [2.75, 3.05) is 6.61 Å². The maximum Gasteiger partial charge on any atom is 0.259 e. The first-order chi connectivity index (χ1) is 15.6. The normalized spacial score (nSPS) is 21.2. The van der Waals surface area contributed by atoms with Gasteiger partial charge in [0.2, 0.25) is 0 Å². The van der Waals surface area contributed by atoms with Gasteiger partial charge in [0.25, 0.3) is 11.8 Å². The summed E-state index contributed by atoms with van der Waals surface area (Å²) in [6.45, 7) is 0.262. The Balaban J connectivity index is 1.75. The largest absolute Gasteiger partial charge is 0.391 e. The smallest absolute Gasteiger partial charge is 0.259 e. The van der Waals surface area contributed by atoms with Crippen LogP contribution in [0.2, 0.25) is 0 Å². The molecule has 0 radical (unpaired) electrons. The first-order valence-corrected chi connectivity index (χ1v) is 10.8. The molecular weight excluding hydrogens is 406 g/mol. The van der Waals surface area contributed by atoms with Crippen molar-refractivity contribution in [1.29, 1.82) is 0 Å². The summed E-state index contributed by atoms with van der Waals surface area (Å²) in [7, 11) is 0. The molecule has 0 aliphatic carbocycles. The van der Waals surface area contributed by atoms with E-state index in [1.165, 1.54) is 0 Å². The Morgan fingerprint density at radius 2 is 1.62 bits per heavy atom. The number of para-hydroxylation sites is 2. The number of hydrogen-bond donors (Lipinski definition) is 3. The molecule has 7 rings (SSSR count). The van der Waals surface area contributed by atoms with Gasteiger partial charge in [0, 0.05) is 27.1 Å². The van der Waals surface area contributed by atoms with Crippen molar-refractivity contribution in [2.24, 2.45) is 0 Å². The van der Waals surface area contributed by atoms with Gasteiger partial charge in [-0.3, -0.25) is 14.9 Å². The second-order valence-corrected chi connectivity index (χ2v) is 8.58. The van der Waals surface area contributed by atoms with Crippen LogP contribution < -0.4 is 5.32 Å². The van der Waals surface area contributed by atoms with Crippen molar-refractivity contribution in [3.05, 3.63) is 59.7 Å². The highest BCUT2D eigenvalue weighted by atomic mass is 16.5. The summed E-state index contributed by atoms with van der Waals surface area (Å²) in [5.74, 6) is -0.736. The van der Waals surface area contributed by atoms with Crippen LogP contribution >= 0.6 is 0 Å². The number of hydrogen-bond acceptors (Lipinski definition) is 4. The van der Waals surface area contributed by atoms with E-state index in [-0.39, 0.29) is 24.6 Å². The molecule has 2 aromatic heterocycles. The molecule has 2 aliphatic heterocycles. The lowest BCUT2D eigenvalue weighted by molar-refractivity contribution is -0.0849. The first kappa shape index (κ1) is 17.9. The SMILES string of the molecule is O=C1NC(=O)c2c1c1c3ccccc3[nH]c1c1c2c2ccccc2n1[C@H]1CC[C@@H](O)CO1. The minimum Gasteiger partial charge on any atom is -0.391 e. The molecule has 2 atom stereocenters. The highest BCUT2D eigenvalue weighted by molar-refractivity contribution is 6.39. The van der Waals surface area contributed by atoms with Crippen LogP contribution in [0.4, 0.5) is 0 Å². The summed E-state index contributed by atoms with van der Waals surface area (Å²) in [5.41, 5.74) is 4.36. The van der Waals surface area contributed by atoms with E-state index >= 15 is 0 Å². The summed E-state index contributed by atoms with van der Waals surface area (Å²) in [5, 5.41) is 15.8. The molecule has 0 bridgehead atoms. The third-order valence-corrected chi connectivity index (χ3v) is 6.80. The highest BCUT2D eigenvalue weighted by Crippen LogP contribution is 2.45. The van der Waals surface area contributed by atoms with Crippen LogP contribution in [0.25, 0.3) is 43.6 Å². The lowest BCUT2D eigenvalue weighted by atomic mass is 9.96. The van der Waals surface area contributed by atoms with Crippen LogP contribution in [0.3, 0.4) is 0 Å². The number of amides is 2. The topological polar surface area (TPSA) is 96.4 Å². The van der Waals surface area contributed by atoms with Gasteiger partial charge in [0.05, 0.1) is 40.4 Å². The Morgan fingerprint density at radius 1 is 0.906 bits per heavy atom. The number of carbonyl (C=O) groups excluding carboxylic acids is 2. The number of H-pyrrole nitrogens is 1. The summed E-state index contributed by atoms with van der Waals surface area (Å²) < 4.78 is 8.20. The van der Waals surface area contributed by atoms with Crippen LogP contribution in [0.1, 0.15) is 39.8 Å². The van der Waals surface area contributed by atoms with Gasteiger partial charge in [-0.05, 0) is 25.0 Å². The minimum absolute atomic E-state index is 0.262. The van der Waals surface area contributed by atoms with E-state index in [2.05, 4.69) is 14.9 Å². The number of imide groups is 1. The number of aliphatic hydroxyl groups is 1. The van der Waals surface area contributed by atoms with Gasteiger partial charge >= 0.3 is 0 Å². The zero-order chi connectivity index (χ0) is 21.6. The monoisotopic (exact) mass is 425 g/mol. The van der Waals surface area contributed by atoms with Gasteiger partial charge in [-0.1, -0.05) is 36.4 Å². The van der Waals surface area contributed by atoms with E-state index in [0.717, 1.165) is 43.6 Å². The summed E-state index contributed by atoms with van der Waals surface area (Å²) in [6.07, 6.45) is 0.533. The summed E-state index contributed by atoms with van der Waals surface area (Å²) >= 11 is 0. The average molecular weight is 425 g/mol. The van der Waals surface area contributed by atoms with Gasteiger partial charge in [-0.15, -0.1) is 0 Å². The Morgan fingerprint density at radius 3 is 2.41 bits per heavy atom. The number of carbonyl (C=O) groups is 2. The number of ether oxygens (including phenoxy) is 1. The molecule has 3 N–H and O–H groups in total. The minimum atomic E-state index is -0.472. The van der Waals surface area contributed by atoms with Gasteiger partial charge in [-0.2, -0.15) is 0 Å². The fourth-order valence-electron chi connectivity index (χ4n) is 5.50. The van der Waals surface area contributed by atoms with Crippen molar-refractivity contribution in [2.45, 2.75) is 25.2 Å². The zero-order valence-electron chi connectivity index (χ0n) is 17.0. The van der Waals surface area contributed by atoms with E-state index in [0.29, 0.717) is 24.0 Å². The van der Waals surface area contributed by atoms with Crippen LogP contribution in [-0.2, 0) is 4.74 Å². The van der Waals surface area contributed by atoms with Crippen molar-refractivity contribution >= 4 is 55.4 Å². The number of rotatable bonds is 1. The van der Waals surface area contributed by atoms with E-state index in [9.17, 15) is 14.7 Å². The molecule has 2 aliphatic rings. The Labute approximate surface area is 181 Å². The quantitative estimate of drug-likeness (QED) is 0.354. The van der Waals surface area contributed by atoms with E-state index in [1.54, 1.807) is 0 Å². The molecule has 32 heavy (non-hydrogen) atoms. The molecule has 4 heterocycles. The van der Waals surface area contributed by atoms with Crippen molar-refractivity contribution in [3.8, 4) is 0 Å². The third-order valence-electron chi connectivity index (χ3n) is 6.80. The third kappa shape index (κ3) is 2.16. The molecule has 7 heteroatoms. The van der Waals surface area contributed by atoms with Gasteiger partial charge in [0.15, 0.2) is 0 Å². The van der Waals surface area contributed by atoms with E-state index in [1.807, 2.05) is 48.5 Å². The number of fused-ring (bicyclic) bond motifs is 10. The zero-order valence-corrected chi connectivity index (χ0v) is 17.0. The lowest BCUT2D eigenvalue weighted by Crippen LogP contribution is -2.27. The average Bonchev–Trinajstić information content (AvgIpc) is 3.44. The Hall–Kier alpha value is -3.68. The number of benzene rings is 3. The first-order valence-electron chi connectivity index (χ1n) is 10.8. The summed E-state index contributed by atoms with van der Waals surface area (Å²) in [6, 6.07) is 15.7. The molecule has 2 amide bonds. The highest BCUT2D eigenvalue weighted by Gasteiger charge is 2.37. The van der Waals surface area contributed by atoms with Crippen LogP contribution in [-0.4, -0.2) is 39.2 Å². The van der Waals surface area contributed by atoms with E-state index in [4.69, 9.17) is 4.74 Å². The van der Waals surface area contributed by atoms with E-state index < -0.39 is 6.10 Å². The number of aromatic nitrogens is 2. The molecular formula is C25H19N3O4. The summed E-state index contributed by atoms with van der Waals surface area (Å²) in [4.78, 5) is 29.5. The van der Waals surface area contributed by atoms with Crippen LogP contribution in [0.15, 0.2) is 48.5 Å². The lowest BCUT2D eigenvalue weighted by Gasteiger charge is -2.28. The number of aromatic amines is 1. The molecule has 3 aromatic carbocycles. The Kier molecular flexibility index (Phi) is 3.47. The molecule has 1 saturated heterocycles. The predicted molar refractivity (Wildman–Crippen MR) is 121 cm³/mol. The molecule has 7 nitrogen and oxygen atoms in total. The fourth-order valence-corrected chi connectivity index (χ4v) is 5.50. The van der Waals surface area contributed by atoms with Crippen LogP contribution in [0.5, 0.6) is 0 Å². The van der Waals surface area contributed by atoms with Crippen molar-refractivity contribution < 1.29 is 19.4 Å². The number of nitrogens with one attached hydrogen (secondary N) is 2. The predicted octanol–water partition coefficient (Wildman–Crippen LogP) is 3.98. The maximum atomic E-state index is 13.0. The second kappa shape index (κ2) is 6.18. The standard InChI is InChI=1S/C25H19N3O4/c29-12-9-10-17(32-11-12)28-16-8-4-2-6-14(16)19-21-20(24(30)27-25(21)31)18-13-5-1-3-7-15(13)26-22(18)23(19)28/h1-8,12,17,26,29H,9-11H2,(H,27,30,31)/t12-,17-/m1/s1. The van der Waals surface area contributed by atoms with Crippen LogP contribution in [0, 0.1) is 0 Å². The number of aliphatic hydroxyl groups excluding tert-OH is 1. The Bertz CT molecular complexity index is 1620. The molecule has 5 aromatic rings. The molecule has 0 unspecified atom stereocenters. The van der Waals surface area contributed by atoms with Crippen molar-refractivity contribution in [3.63, 3.8) is 0 Å². The van der Waals surface area contributed by atoms with Gasteiger partial charge < -0.3 is 19.4 Å². The molecule has 0 saturated carbocycles.